The van der Waals surface area contributed by atoms with Crippen LogP contribution in [0.4, 0.5) is 5.69 Å². The second-order valence-electron chi connectivity index (χ2n) is 4.01. The Kier molecular flexibility index (Phi) is 6.93. The number of unbranched alkanes of at least 4 members (excludes halogenated alkanes) is 1. The van der Waals surface area contributed by atoms with Crippen LogP contribution in [-0.2, 0) is 4.74 Å². The Bertz CT molecular complexity index is 520. The van der Waals surface area contributed by atoms with Crippen molar-refractivity contribution in [1.82, 2.24) is 0 Å². The molecule has 0 aliphatic rings. The number of nitrogens with zero attached hydrogens (tertiary/aromatic N) is 1. The van der Waals surface area contributed by atoms with Crippen LogP contribution in [0.1, 0.15) is 23.2 Å². The Balaban J connectivity index is 3.10. The predicted octanol–water partition coefficient (Wildman–Crippen LogP) is 2.94. The van der Waals surface area contributed by atoms with Gasteiger partial charge in [-0.1, -0.05) is 15.9 Å². The molecular weight excluding hydrogens is 346 g/mol. The van der Waals surface area contributed by atoms with E-state index in [2.05, 4.69) is 20.7 Å². The molecule has 0 aliphatic carbocycles. The average molecular weight is 362 g/mol. The van der Waals surface area contributed by atoms with E-state index in [1.807, 2.05) is 0 Å². The molecule has 8 heteroatoms. The Morgan fingerprint density at radius 3 is 2.52 bits per heavy atom. The average Bonchev–Trinajstić information content (AvgIpc) is 2.49. The van der Waals surface area contributed by atoms with Crippen LogP contribution >= 0.6 is 15.9 Å². The highest BCUT2D eigenvalue weighted by molar-refractivity contribution is 9.09. The van der Waals surface area contributed by atoms with Gasteiger partial charge in [0.05, 0.1) is 31.8 Å². The van der Waals surface area contributed by atoms with Gasteiger partial charge in [0.15, 0.2) is 11.5 Å². The summed E-state index contributed by atoms with van der Waals surface area (Å²) in [5.74, 6) is -0.322. The van der Waals surface area contributed by atoms with Crippen LogP contribution in [0.25, 0.3) is 0 Å². The summed E-state index contributed by atoms with van der Waals surface area (Å²) in [6.07, 6.45) is 1.71. The van der Waals surface area contributed by atoms with Crippen LogP contribution in [0.15, 0.2) is 12.1 Å². The van der Waals surface area contributed by atoms with E-state index in [0.717, 1.165) is 25.3 Å². The van der Waals surface area contributed by atoms with Crippen LogP contribution in [0.3, 0.4) is 0 Å². The highest BCUT2D eigenvalue weighted by atomic mass is 79.9. The van der Waals surface area contributed by atoms with Crippen molar-refractivity contribution in [2.45, 2.75) is 12.8 Å². The Labute approximate surface area is 130 Å². The maximum Gasteiger partial charge on any atom is 0.345 e. The lowest BCUT2D eigenvalue weighted by Gasteiger charge is -2.12. The number of carbonyl (C=O) groups is 1. The lowest BCUT2D eigenvalue weighted by molar-refractivity contribution is -0.385. The summed E-state index contributed by atoms with van der Waals surface area (Å²) < 4.78 is 15.1. The number of hydrogen-bond acceptors (Lipinski definition) is 6. The molecule has 0 bridgehead atoms. The number of nitro benzene ring substituents is 1. The van der Waals surface area contributed by atoms with Crippen molar-refractivity contribution in [1.29, 1.82) is 0 Å². The zero-order chi connectivity index (χ0) is 15.8. The van der Waals surface area contributed by atoms with Crippen LogP contribution in [-0.4, -0.2) is 37.0 Å². The molecule has 1 aromatic rings. The minimum atomic E-state index is -0.800. The molecule has 0 fully saturated rings. The molecular formula is C13H16BrNO6. The lowest BCUT2D eigenvalue weighted by atomic mass is 10.1. The smallest absolute Gasteiger partial charge is 0.345 e. The first-order valence-corrected chi connectivity index (χ1v) is 7.30. The standard InChI is InChI=1S/C13H16BrNO6/c1-19-11-7-9(13(16)20-2)10(15(17)18)8-12(11)21-6-4-3-5-14/h7-8H,3-6H2,1-2H3. The molecule has 0 heterocycles. The number of alkyl halides is 1. The number of rotatable bonds is 8. The van der Waals surface area contributed by atoms with Gasteiger partial charge in [-0.15, -0.1) is 0 Å². The summed E-state index contributed by atoms with van der Waals surface area (Å²) in [4.78, 5) is 22.0. The molecule has 0 aromatic heterocycles. The first kappa shape index (κ1) is 17.2. The van der Waals surface area contributed by atoms with Crippen molar-refractivity contribution < 1.29 is 23.9 Å². The molecule has 0 saturated heterocycles. The van der Waals surface area contributed by atoms with Gasteiger partial charge in [-0.05, 0) is 12.8 Å². The highest BCUT2D eigenvalue weighted by Gasteiger charge is 2.25. The molecule has 0 spiro atoms. The van der Waals surface area contributed by atoms with Gasteiger partial charge in [-0.25, -0.2) is 4.79 Å². The fourth-order valence-electron chi connectivity index (χ4n) is 1.62. The van der Waals surface area contributed by atoms with Crippen molar-refractivity contribution in [3.05, 3.63) is 27.8 Å². The maximum atomic E-state index is 11.6. The van der Waals surface area contributed by atoms with Crippen LogP contribution in [0.2, 0.25) is 0 Å². The molecule has 21 heavy (non-hydrogen) atoms. The number of benzene rings is 1. The number of nitro groups is 1. The van der Waals surface area contributed by atoms with E-state index in [4.69, 9.17) is 9.47 Å². The summed E-state index contributed by atoms with van der Waals surface area (Å²) in [5, 5.41) is 11.9. The van der Waals surface area contributed by atoms with Gasteiger partial charge < -0.3 is 14.2 Å². The van der Waals surface area contributed by atoms with E-state index in [9.17, 15) is 14.9 Å². The summed E-state index contributed by atoms with van der Waals surface area (Å²) in [6.45, 7) is 0.399. The number of halogens is 1. The van der Waals surface area contributed by atoms with Crippen molar-refractivity contribution >= 4 is 27.6 Å². The quantitative estimate of drug-likeness (QED) is 0.232. The molecule has 0 amide bonds. The van der Waals surface area contributed by atoms with E-state index in [1.165, 1.54) is 19.2 Å². The molecule has 0 unspecified atom stereocenters. The second kappa shape index (κ2) is 8.46. The third-order valence-corrected chi connectivity index (χ3v) is 3.23. The molecule has 0 saturated carbocycles. The van der Waals surface area contributed by atoms with Gasteiger partial charge >= 0.3 is 5.97 Å². The lowest BCUT2D eigenvalue weighted by Crippen LogP contribution is -2.08. The molecule has 1 aromatic carbocycles. The first-order valence-electron chi connectivity index (χ1n) is 6.18. The van der Waals surface area contributed by atoms with Gasteiger partial charge in [-0.2, -0.15) is 0 Å². The monoisotopic (exact) mass is 361 g/mol. The molecule has 0 atom stereocenters. The SMILES string of the molecule is COC(=O)c1cc(OC)c(OCCCCBr)cc1[N+](=O)[O-]. The third-order valence-electron chi connectivity index (χ3n) is 2.67. The number of methoxy groups -OCH3 is 2. The molecule has 0 aliphatic heterocycles. The van der Waals surface area contributed by atoms with Crippen molar-refractivity contribution in [2.24, 2.45) is 0 Å². The maximum absolute atomic E-state index is 11.6. The fraction of sp³-hybridized carbons (Fsp3) is 0.462. The fourth-order valence-corrected chi connectivity index (χ4v) is 2.02. The van der Waals surface area contributed by atoms with Crippen LogP contribution in [0.5, 0.6) is 11.5 Å². The predicted molar refractivity (Wildman–Crippen MR) is 79.5 cm³/mol. The van der Waals surface area contributed by atoms with Crippen molar-refractivity contribution in [2.75, 3.05) is 26.2 Å². The van der Waals surface area contributed by atoms with E-state index < -0.39 is 10.9 Å². The van der Waals surface area contributed by atoms with E-state index in [0.29, 0.717) is 6.61 Å². The largest absolute Gasteiger partial charge is 0.493 e. The Morgan fingerprint density at radius 2 is 2.00 bits per heavy atom. The summed E-state index contributed by atoms with van der Waals surface area (Å²) in [7, 11) is 2.55. The number of hydrogen-bond donors (Lipinski definition) is 0. The van der Waals surface area contributed by atoms with Gasteiger partial charge in [0.2, 0.25) is 0 Å². The number of carbonyl (C=O) groups excluding carboxylic acids is 1. The van der Waals surface area contributed by atoms with Crippen LogP contribution in [0, 0.1) is 10.1 Å². The third kappa shape index (κ3) is 4.59. The molecule has 116 valence electrons. The minimum Gasteiger partial charge on any atom is -0.493 e. The Hall–Kier alpha value is -1.83. The minimum absolute atomic E-state index is 0.174. The van der Waals surface area contributed by atoms with Gasteiger partial charge in [-0.3, -0.25) is 10.1 Å². The number of ether oxygens (including phenoxy) is 3. The van der Waals surface area contributed by atoms with E-state index >= 15 is 0 Å². The Morgan fingerprint density at radius 1 is 1.29 bits per heavy atom. The summed E-state index contributed by atoms with van der Waals surface area (Å²) in [5.41, 5.74) is -0.551. The molecule has 7 nitrogen and oxygen atoms in total. The molecule has 0 radical (unpaired) electrons. The zero-order valence-electron chi connectivity index (χ0n) is 11.8. The van der Waals surface area contributed by atoms with E-state index in [1.54, 1.807) is 0 Å². The summed E-state index contributed by atoms with van der Waals surface area (Å²) >= 11 is 3.31. The van der Waals surface area contributed by atoms with Gasteiger partial charge in [0.25, 0.3) is 5.69 Å². The summed E-state index contributed by atoms with van der Waals surface area (Å²) in [6, 6.07) is 2.43. The van der Waals surface area contributed by atoms with Crippen molar-refractivity contribution in [3.8, 4) is 11.5 Å². The van der Waals surface area contributed by atoms with Crippen molar-refractivity contribution in [3.63, 3.8) is 0 Å². The normalized spacial score (nSPS) is 10.0. The molecule has 1 rings (SSSR count). The molecule has 0 N–H and O–H groups in total. The second-order valence-corrected chi connectivity index (χ2v) is 4.81. The van der Waals surface area contributed by atoms with E-state index in [-0.39, 0.29) is 22.7 Å². The first-order chi connectivity index (χ1) is 10.0. The van der Waals surface area contributed by atoms with Gasteiger partial charge in [0, 0.05) is 11.4 Å². The zero-order valence-corrected chi connectivity index (χ0v) is 13.3. The highest BCUT2D eigenvalue weighted by Crippen LogP contribution is 2.35. The van der Waals surface area contributed by atoms with Gasteiger partial charge in [0.1, 0.15) is 5.56 Å². The van der Waals surface area contributed by atoms with Crippen LogP contribution < -0.4 is 9.47 Å². The topological polar surface area (TPSA) is 87.9 Å². The number of esters is 1.